The molecule has 72 valence electrons. The molecule has 1 aromatic rings. The molecule has 0 fully saturated rings. The van der Waals surface area contributed by atoms with Gasteiger partial charge in [0.1, 0.15) is 0 Å². The lowest BCUT2D eigenvalue weighted by atomic mass is 10.2. The average Bonchev–Trinajstić information content (AvgIpc) is 2.19. The van der Waals surface area contributed by atoms with Crippen LogP contribution < -0.4 is 5.32 Å². The van der Waals surface area contributed by atoms with Gasteiger partial charge in [0.2, 0.25) is 0 Å². The predicted octanol–water partition coefficient (Wildman–Crippen LogP) is 1.21. The fourth-order valence-electron chi connectivity index (χ4n) is 1.00. The summed E-state index contributed by atoms with van der Waals surface area (Å²) in [6.45, 7) is 3.79. The van der Waals surface area contributed by atoms with Gasteiger partial charge in [-0.15, -0.1) is 0 Å². The monoisotopic (exact) mass is 180 g/mol. The Hall–Kier alpha value is -0.930. The molecule has 0 aliphatic heterocycles. The zero-order valence-electron chi connectivity index (χ0n) is 8.16. The number of rotatable bonds is 5. The molecule has 1 rings (SSSR count). The number of methoxy groups -OCH3 is 1. The van der Waals surface area contributed by atoms with E-state index in [2.05, 4.69) is 10.3 Å². The maximum atomic E-state index is 5.11. The highest BCUT2D eigenvalue weighted by atomic mass is 16.5. The molecule has 13 heavy (non-hydrogen) atoms. The van der Waals surface area contributed by atoms with Crippen molar-refractivity contribution in [1.29, 1.82) is 0 Å². The van der Waals surface area contributed by atoms with Crippen LogP contribution in [-0.2, 0) is 11.3 Å². The van der Waals surface area contributed by atoms with E-state index in [9.17, 15) is 0 Å². The summed E-state index contributed by atoms with van der Waals surface area (Å²) in [6, 6.07) is 4.01. The van der Waals surface area contributed by atoms with Crippen molar-refractivity contribution < 1.29 is 4.74 Å². The second kappa shape index (κ2) is 5.67. The van der Waals surface area contributed by atoms with Crippen LogP contribution in [0, 0.1) is 0 Å². The van der Waals surface area contributed by atoms with Crippen molar-refractivity contribution in [2.75, 3.05) is 13.7 Å². The van der Waals surface area contributed by atoms with E-state index in [-0.39, 0.29) is 6.10 Å². The van der Waals surface area contributed by atoms with E-state index >= 15 is 0 Å². The highest BCUT2D eigenvalue weighted by molar-refractivity contribution is 5.08. The molecular formula is C10H16N2O. The third-order valence-corrected chi connectivity index (χ3v) is 1.91. The topological polar surface area (TPSA) is 34.1 Å². The summed E-state index contributed by atoms with van der Waals surface area (Å²) in [5, 5.41) is 3.30. The van der Waals surface area contributed by atoms with E-state index in [1.165, 1.54) is 5.56 Å². The maximum Gasteiger partial charge on any atom is 0.0667 e. The lowest BCUT2D eigenvalue weighted by Gasteiger charge is -2.10. The van der Waals surface area contributed by atoms with Crippen LogP contribution in [0.1, 0.15) is 12.5 Å². The van der Waals surface area contributed by atoms with Crippen LogP contribution in [0.5, 0.6) is 0 Å². The van der Waals surface area contributed by atoms with Gasteiger partial charge in [0.15, 0.2) is 0 Å². The molecule has 0 saturated heterocycles. The zero-order valence-corrected chi connectivity index (χ0v) is 8.16. The summed E-state index contributed by atoms with van der Waals surface area (Å²) < 4.78 is 5.11. The first-order valence-corrected chi connectivity index (χ1v) is 4.45. The Balaban J connectivity index is 2.20. The number of hydrogen-bond donors (Lipinski definition) is 1. The molecule has 0 aromatic carbocycles. The van der Waals surface area contributed by atoms with Gasteiger partial charge in [-0.25, -0.2) is 0 Å². The Labute approximate surface area is 79.1 Å². The second-order valence-electron chi connectivity index (χ2n) is 3.03. The molecule has 3 heteroatoms. The smallest absolute Gasteiger partial charge is 0.0667 e. The molecule has 0 spiro atoms. The Kier molecular flexibility index (Phi) is 4.43. The Morgan fingerprint density at radius 2 is 2.15 bits per heavy atom. The fraction of sp³-hybridized carbons (Fsp3) is 0.500. The summed E-state index contributed by atoms with van der Waals surface area (Å²) in [5.74, 6) is 0. The van der Waals surface area contributed by atoms with Crippen molar-refractivity contribution in [2.24, 2.45) is 0 Å². The highest BCUT2D eigenvalue weighted by Crippen LogP contribution is 1.95. The van der Waals surface area contributed by atoms with Gasteiger partial charge in [0, 0.05) is 32.6 Å². The Morgan fingerprint density at radius 3 is 2.77 bits per heavy atom. The van der Waals surface area contributed by atoms with Gasteiger partial charge in [-0.1, -0.05) is 0 Å². The summed E-state index contributed by atoms with van der Waals surface area (Å²) in [7, 11) is 1.72. The molecule has 0 radical (unpaired) electrons. The van der Waals surface area contributed by atoms with E-state index in [4.69, 9.17) is 4.74 Å². The molecular weight excluding hydrogens is 164 g/mol. The van der Waals surface area contributed by atoms with E-state index in [1.807, 2.05) is 19.1 Å². The van der Waals surface area contributed by atoms with Crippen molar-refractivity contribution in [3.8, 4) is 0 Å². The van der Waals surface area contributed by atoms with E-state index in [0.717, 1.165) is 13.1 Å². The molecule has 1 atom stereocenters. The van der Waals surface area contributed by atoms with Crippen LogP contribution in [0.15, 0.2) is 24.5 Å². The SMILES string of the molecule is COC(C)CNCc1ccncc1. The summed E-state index contributed by atoms with van der Waals surface area (Å²) in [6.07, 6.45) is 3.87. The fourth-order valence-corrected chi connectivity index (χ4v) is 1.00. The van der Waals surface area contributed by atoms with Gasteiger partial charge in [0.25, 0.3) is 0 Å². The molecule has 1 heterocycles. The Bertz CT molecular complexity index is 226. The lowest BCUT2D eigenvalue weighted by Crippen LogP contribution is -2.25. The number of nitrogens with zero attached hydrogens (tertiary/aromatic N) is 1. The molecule has 0 aliphatic rings. The van der Waals surface area contributed by atoms with Crippen molar-refractivity contribution in [3.63, 3.8) is 0 Å². The van der Waals surface area contributed by atoms with Crippen molar-refractivity contribution >= 4 is 0 Å². The highest BCUT2D eigenvalue weighted by Gasteiger charge is 1.97. The molecule has 1 aromatic heterocycles. The van der Waals surface area contributed by atoms with Crippen LogP contribution >= 0.6 is 0 Å². The first kappa shape index (κ1) is 10.2. The van der Waals surface area contributed by atoms with Crippen molar-refractivity contribution in [1.82, 2.24) is 10.3 Å². The normalized spacial score (nSPS) is 12.8. The number of ether oxygens (including phenoxy) is 1. The summed E-state index contributed by atoms with van der Waals surface area (Å²) >= 11 is 0. The molecule has 0 saturated carbocycles. The quantitative estimate of drug-likeness (QED) is 0.739. The van der Waals surface area contributed by atoms with Crippen LogP contribution in [-0.4, -0.2) is 24.7 Å². The third kappa shape index (κ3) is 4.01. The molecule has 0 bridgehead atoms. The van der Waals surface area contributed by atoms with Gasteiger partial charge in [-0.05, 0) is 24.6 Å². The number of hydrogen-bond acceptors (Lipinski definition) is 3. The van der Waals surface area contributed by atoms with Gasteiger partial charge < -0.3 is 10.1 Å². The van der Waals surface area contributed by atoms with Crippen LogP contribution in [0.4, 0.5) is 0 Å². The first-order chi connectivity index (χ1) is 6.33. The lowest BCUT2D eigenvalue weighted by molar-refractivity contribution is 0.117. The van der Waals surface area contributed by atoms with Gasteiger partial charge in [-0.3, -0.25) is 4.98 Å². The van der Waals surface area contributed by atoms with Gasteiger partial charge >= 0.3 is 0 Å². The number of aromatic nitrogens is 1. The van der Waals surface area contributed by atoms with Crippen LogP contribution in [0.2, 0.25) is 0 Å². The van der Waals surface area contributed by atoms with E-state index in [0.29, 0.717) is 0 Å². The second-order valence-corrected chi connectivity index (χ2v) is 3.03. The minimum atomic E-state index is 0.266. The molecule has 1 N–H and O–H groups in total. The summed E-state index contributed by atoms with van der Waals surface area (Å²) in [4.78, 5) is 3.95. The minimum absolute atomic E-state index is 0.266. The van der Waals surface area contributed by atoms with Gasteiger partial charge in [0.05, 0.1) is 6.10 Å². The zero-order chi connectivity index (χ0) is 9.52. The predicted molar refractivity (Wildman–Crippen MR) is 52.4 cm³/mol. The standard InChI is InChI=1S/C10H16N2O/c1-9(13-2)7-12-8-10-3-5-11-6-4-10/h3-6,9,12H,7-8H2,1-2H3. The molecule has 1 unspecified atom stereocenters. The van der Waals surface area contributed by atoms with Crippen molar-refractivity contribution in [2.45, 2.75) is 19.6 Å². The molecule has 0 amide bonds. The number of pyridine rings is 1. The van der Waals surface area contributed by atoms with E-state index < -0.39 is 0 Å². The number of nitrogens with one attached hydrogen (secondary N) is 1. The van der Waals surface area contributed by atoms with E-state index in [1.54, 1.807) is 19.5 Å². The molecule has 0 aliphatic carbocycles. The first-order valence-electron chi connectivity index (χ1n) is 4.45. The third-order valence-electron chi connectivity index (χ3n) is 1.91. The molecule has 3 nitrogen and oxygen atoms in total. The average molecular weight is 180 g/mol. The van der Waals surface area contributed by atoms with Crippen LogP contribution in [0.3, 0.4) is 0 Å². The van der Waals surface area contributed by atoms with Gasteiger partial charge in [-0.2, -0.15) is 0 Å². The van der Waals surface area contributed by atoms with Crippen molar-refractivity contribution in [3.05, 3.63) is 30.1 Å². The summed E-state index contributed by atoms with van der Waals surface area (Å²) in [5.41, 5.74) is 1.25. The largest absolute Gasteiger partial charge is 0.380 e. The Morgan fingerprint density at radius 1 is 1.46 bits per heavy atom. The van der Waals surface area contributed by atoms with Crippen LogP contribution in [0.25, 0.3) is 0 Å². The maximum absolute atomic E-state index is 5.11. The minimum Gasteiger partial charge on any atom is -0.380 e.